The molecule has 31 heavy (non-hydrogen) atoms. The highest BCUT2D eigenvalue weighted by molar-refractivity contribution is 6.07. The van der Waals surface area contributed by atoms with Crippen molar-refractivity contribution in [2.75, 3.05) is 13.2 Å². The zero-order valence-corrected chi connectivity index (χ0v) is 17.2. The Labute approximate surface area is 178 Å². The molecule has 1 amide bonds. The normalized spacial score (nSPS) is 14.9. The van der Waals surface area contributed by atoms with Gasteiger partial charge in [0, 0.05) is 43.1 Å². The number of benzene rings is 1. The van der Waals surface area contributed by atoms with Crippen LogP contribution in [0.1, 0.15) is 40.4 Å². The monoisotopic (exact) mass is 417 g/mol. The molecule has 1 fully saturated rings. The van der Waals surface area contributed by atoms with Gasteiger partial charge < -0.3 is 15.0 Å². The molecule has 1 aliphatic heterocycles. The van der Waals surface area contributed by atoms with Gasteiger partial charge in [-0.15, -0.1) is 0 Å². The van der Waals surface area contributed by atoms with E-state index in [9.17, 15) is 9.59 Å². The number of amides is 1. The maximum atomic E-state index is 13.0. The molecule has 0 saturated carbocycles. The van der Waals surface area contributed by atoms with Crippen LogP contribution in [0.5, 0.6) is 0 Å². The number of nitrogens with one attached hydrogen (secondary N) is 2. The average Bonchev–Trinajstić information content (AvgIpc) is 3.25. The Morgan fingerprint density at radius 1 is 1.26 bits per heavy atom. The smallest absolute Gasteiger partial charge is 0.259 e. The van der Waals surface area contributed by atoms with Crippen LogP contribution >= 0.6 is 0 Å². The molecule has 8 heteroatoms. The number of hydrogen-bond acceptors (Lipinski definition) is 5. The lowest BCUT2D eigenvalue weighted by molar-refractivity contribution is 0.0675. The first-order chi connectivity index (χ1) is 15.1. The molecule has 0 radical (unpaired) electrons. The van der Waals surface area contributed by atoms with Crippen molar-refractivity contribution in [1.29, 1.82) is 0 Å². The van der Waals surface area contributed by atoms with Gasteiger partial charge in [-0.25, -0.2) is 0 Å². The van der Waals surface area contributed by atoms with Crippen molar-refractivity contribution in [2.45, 2.75) is 32.4 Å². The number of pyridine rings is 2. The summed E-state index contributed by atoms with van der Waals surface area (Å²) in [5.74, 6) is -0.167. The molecule has 2 N–H and O–H groups in total. The molecule has 0 spiro atoms. The first-order valence-electron chi connectivity index (χ1n) is 10.4. The highest BCUT2D eigenvalue weighted by Crippen LogP contribution is 2.29. The molecule has 8 nitrogen and oxygen atoms in total. The minimum Gasteiger partial charge on any atom is -0.381 e. The van der Waals surface area contributed by atoms with Crippen LogP contribution in [0.25, 0.3) is 21.8 Å². The maximum Gasteiger partial charge on any atom is 0.259 e. The Morgan fingerprint density at radius 3 is 2.87 bits per heavy atom. The van der Waals surface area contributed by atoms with Gasteiger partial charge in [-0.3, -0.25) is 19.3 Å². The van der Waals surface area contributed by atoms with Gasteiger partial charge in [0.05, 0.1) is 28.7 Å². The van der Waals surface area contributed by atoms with E-state index in [-0.39, 0.29) is 17.5 Å². The van der Waals surface area contributed by atoms with E-state index in [4.69, 9.17) is 4.74 Å². The van der Waals surface area contributed by atoms with Crippen LogP contribution in [0.2, 0.25) is 0 Å². The van der Waals surface area contributed by atoms with Crippen LogP contribution < -0.4 is 10.9 Å². The third-order valence-electron chi connectivity index (χ3n) is 5.87. The lowest BCUT2D eigenvalue weighted by Crippen LogP contribution is -2.24. The van der Waals surface area contributed by atoms with Crippen LogP contribution in [-0.4, -0.2) is 38.9 Å². The van der Waals surface area contributed by atoms with E-state index in [0.29, 0.717) is 36.2 Å². The van der Waals surface area contributed by atoms with Crippen molar-refractivity contribution in [2.24, 2.45) is 0 Å². The fourth-order valence-corrected chi connectivity index (χ4v) is 4.23. The summed E-state index contributed by atoms with van der Waals surface area (Å²) in [4.78, 5) is 32.6. The number of hydrogen-bond donors (Lipinski definition) is 2. The number of H-pyrrole nitrogens is 1. The lowest BCUT2D eigenvalue weighted by atomic mass is 10.0. The van der Waals surface area contributed by atoms with Gasteiger partial charge in [0.15, 0.2) is 0 Å². The first kappa shape index (κ1) is 19.4. The van der Waals surface area contributed by atoms with Gasteiger partial charge >= 0.3 is 0 Å². The minimum atomic E-state index is -0.172. The summed E-state index contributed by atoms with van der Waals surface area (Å²) in [5, 5.41) is 8.85. The van der Waals surface area contributed by atoms with Crippen LogP contribution in [-0.2, 0) is 11.3 Å². The standard InChI is InChI=1S/C23H23N5O3/c1-14-9-20-18(10-17(14)22(29)25-12-15-3-2-6-24-11-15)21-19(23(30)27-20)13-26-28(21)16-4-7-31-8-5-16/h2-3,6,9-11,13,16H,4-5,7-8,12H2,1H3,(H,25,29)(H,27,30). The maximum absolute atomic E-state index is 13.0. The molecule has 0 aliphatic carbocycles. The van der Waals surface area contributed by atoms with Gasteiger partial charge in [-0.1, -0.05) is 6.07 Å². The lowest BCUT2D eigenvalue weighted by Gasteiger charge is -2.23. The average molecular weight is 417 g/mol. The summed E-state index contributed by atoms with van der Waals surface area (Å²) in [6.07, 6.45) is 6.73. The molecule has 4 heterocycles. The Morgan fingerprint density at radius 2 is 2.10 bits per heavy atom. The molecular formula is C23H23N5O3. The van der Waals surface area contributed by atoms with Gasteiger partial charge in [0.25, 0.3) is 11.5 Å². The summed E-state index contributed by atoms with van der Waals surface area (Å²) in [7, 11) is 0. The van der Waals surface area contributed by atoms with Crippen molar-refractivity contribution in [3.63, 3.8) is 0 Å². The highest BCUT2D eigenvalue weighted by atomic mass is 16.5. The van der Waals surface area contributed by atoms with Crippen molar-refractivity contribution in [3.05, 3.63) is 69.9 Å². The summed E-state index contributed by atoms with van der Waals surface area (Å²) in [6, 6.07) is 7.64. The molecule has 158 valence electrons. The molecule has 4 aromatic rings. The number of nitrogens with zero attached hydrogens (tertiary/aromatic N) is 3. The van der Waals surface area contributed by atoms with Gasteiger partial charge in [0.1, 0.15) is 0 Å². The predicted molar refractivity (Wildman–Crippen MR) is 117 cm³/mol. The second-order valence-electron chi connectivity index (χ2n) is 7.91. The minimum absolute atomic E-state index is 0.167. The zero-order chi connectivity index (χ0) is 21.4. The van der Waals surface area contributed by atoms with Gasteiger partial charge in [0.2, 0.25) is 0 Å². The Hall–Kier alpha value is -3.52. The van der Waals surface area contributed by atoms with Gasteiger partial charge in [-0.05, 0) is 49.1 Å². The number of aryl methyl sites for hydroxylation is 1. The number of ether oxygens (including phenoxy) is 1. The first-order valence-corrected chi connectivity index (χ1v) is 10.4. The molecule has 1 saturated heterocycles. The van der Waals surface area contributed by atoms with Crippen molar-refractivity contribution >= 4 is 27.7 Å². The molecule has 1 aromatic carbocycles. The summed E-state index contributed by atoms with van der Waals surface area (Å²) < 4.78 is 7.42. The topological polar surface area (TPSA) is 102 Å². The third-order valence-corrected chi connectivity index (χ3v) is 5.87. The fraction of sp³-hybridized carbons (Fsp3) is 0.304. The second-order valence-corrected chi connectivity index (χ2v) is 7.91. The molecular weight excluding hydrogens is 394 g/mol. The number of fused-ring (bicyclic) bond motifs is 3. The summed E-state index contributed by atoms with van der Waals surface area (Å²) in [6.45, 7) is 3.62. The van der Waals surface area contributed by atoms with Crippen molar-refractivity contribution < 1.29 is 9.53 Å². The SMILES string of the molecule is Cc1cc2[nH]c(=O)c3cnn(C4CCOCC4)c3c2cc1C(=O)NCc1cccnc1. The highest BCUT2D eigenvalue weighted by Gasteiger charge is 2.22. The Balaban J connectivity index is 1.58. The second kappa shape index (κ2) is 7.96. The third kappa shape index (κ3) is 3.59. The Bertz CT molecular complexity index is 1320. The van der Waals surface area contributed by atoms with Crippen molar-refractivity contribution in [1.82, 2.24) is 25.1 Å². The fourth-order valence-electron chi connectivity index (χ4n) is 4.23. The molecule has 0 atom stereocenters. The molecule has 5 rings (SSSR count). The molecule has 3 aromatic heterocycles. The molecule has 0 unspecified atom stereocenters. The number of aromatic nitrogens is 4. The quantitative estimate of drug-likeness (QED) is 0.532. The van der Waals surface area contributed by atoms with Crippen molar-refractivity contribution in [3.8, 4) is 0 Å². The van der Waals surface area contributed by atoms with E-state index in [2.05, 4.69) is 20.4 Å². The summed E-state index contributed by atoms with van der Waals surface area (Å²) in [5.41, 5.74) is 3.60. The number of carbonyl (C=O) groups is 1. The molecule has 0 bridgehead atoms. The zero-order valence-electron chi connectivity index (χ0n) is 17.2. The number of rotatable bonds is 4. The largest absolute Gasteiger partial charge is 0.381 e. The summed E-state index contributed by atoms with van der Waals surface area (Å²) >= 11 is 0. The van der Waals surface area contributed by atoms with E-state index in [1.54, 1.807) is 18.6 Å². The number of aromatic amines is 1. The number of carbonyl (C=O) groups excluding carboxylic acids is 1. The van der Waals surface area contributed by atoms with Crippen LogP contribution in [0, 0.1) is 6.92 Å². The predicted octanol–water partition coefficient (Wildman–Crippen LogP) is 2.86. The van der Waals surface area contributed by atoms with E-state index < -0.39 is 0 Å². The van der Waals surface area contributed by atoms with Crippen LogP contribution in [0.15, 0.2) is 47.7 Å². The van der Waals surface area contributed by atoms with Gasteiger partial charge in [-0.2, -0.15) is 5.10 Å². The van der Waals surface area contributed by atoms with E-state index >= 15 is 0 Å². The van der Waals surface area contributed by atoms with Crippen LogP contribution in [0.3, 0.4) is 0 Å². The molecule has 1 aliphatic rings. The van der Waals surface area contributed by atoms with E-state index in [1.807, 2.05) is 35.9 Å². The van der Waals surface area contributed by atoms with Crippen LogP contribution in [0.4, 0.5) is 0 Å². The Kier molecular flexibility index (Phi) is 4.99. The van der Waals surface area contributed by atoms with E-state index in [0.717, 1.165) is 34.9 Å². The van der Waals surface area contributed by atoms with E-state index in [1.165, 1.54) is 0 Å².